The van der Waals surface area contributed by atoms with Crippen molar-refractivity contribution in [3.63, 3.8) is 0 Å². The molecule has 0 radical (unpaired) electrons. The van der Waals surface area contributed by atoms with Gasteiger partial charge in [0.25, 0.3) is 0 Å². The molecular formula is C22H30N2O4S. The van der Waals surface area contributed by atoms with E-state index >= 15 is 0 Å². The summed E-state index contributed by atoms with van der Waals surface area (Å²) in [4.78, 5) is 12.8. The van der Waals surface area contributed by atoms with E-state index < -0.39 is 16.1 Å². The molecule has 0 saturated carbocycles. The van der Waals surface area contributed by atoms with Crippen LogP contribution in [-0.4, -0.2) is 33.5 Å². The Morgan fingerprint density at radius 1 is 1.03 bits per heavy atom. The zero-order valence-electron chi connectivity index (χ0n) is 17.2. The van der Waals surface area contributed by atoms with E-state index in [1.807, 2.05) is 37.3 Å². The first-order chi connectivity index (χ1) is 13.8. The standard InChI is InChI=1S/C22H30N2O4S/c1-4-28-19-10-12-20(13-11-19)29(26,27)24-21(16-18-8-6-5-7-9-18)22(25)23-15-14-17(2)3/h5-13,17,21,24H,4,14-16H2,1-3H3,(H,23,25)/t21-/m1/s1. The molecule has 2 N–H and O–H groups in total. The van der Waals surface area contributed by atoms with Crippen LogP contribution < -0.4 is 14.8 Å². The maximum atomic E-state index is 12.9. The number of ether oxygens (including phenoxy) is 1. The number of hydrogen-bond acceptors (Lipinski definition) is 4. The van der Waals surface area contributed by atoms with Gasteiger partial charge in [-0.15, -0.1) is 0 Å². The average Bonchev–Trinajstić information content (AvgIpc) is 2.68. The van der Waals surface area contributed by atoms with Crippen molar-refractivity contribution in [1.82, 2.24) is 10.0 Å². The average molecular weight is 419 g/mol. The summed E-state index contributed by atoms with van der Waals surface area (Å²) in [6.07, 6.45) is 1.10. The Kier molecular flexibility index (Phi) is 8.67. The van der Waals surface area contributed by atoms with Gasteiger partial charge in [0.05, 0.1) is 11.5 Å². The number of nitrogens with one attached hydrogen (secondary N) is 2. The van der Waals surface area contributed by atoms with E-state index in [1.54, 1.807) is 12.1 Å². The van der Waals surface area contributed by atoms with Gasteiger partial charge in [-0.3, -0.25) is 4.79 Å². The van der Waals surface area contributed by atoms with E-state index in [4.69, 9.17) is 4.74 Å². The van der Waals surface area contributed by atoms with E-state index in [9.17, 15) is 13.2 Å². The van der Waals surface area contributed by atoms with Gasteiger partial charge >= 0.3 is 0 Å². The van der Waals surface area contributed by atoms with Crippen LogP contribution in [0.1, 0.15) is 32.8 Å². The van der Waals surface area contributed by atoms with Crippen LogP contribution in [0.5, 0.6) is 5.75 Å². The molecule has 0 bridgehead atoms. The van der Waals surface area contributed by atoms with Crippen molar-refractivity contribution in [1.29, 1.82) is 0 Å². The molecule has 0 fully saturated rings. The summed E-state index contributed by atoms with van der Waals surface area (Å²) in [7, 11) is -3.86. The van der Waals surface area contributed by atoms with Crippen LogP contribution in [0.2, 0.25) is 0 Å². The van der Waals surface area contributed by atoms with Crippen LogP contribution in [0.4, 0.5) is 0 Å². The lowest BCUT2D eigenvalue weighted by Crippen LogP contribution is -2.48. The van der Waals surface area contributed by atoms with Crippen molar-refractivity contribution < 1.29 is 17.9 Å². The molecule has 158 valence electrons. The highest BCUT2D eigenvalue weighted by Gasteiger charge is 2.26. The number of carbonyl (C=O) groups is 1. The lowest BCUT2D eigenvalue weighted by Gasteiger charge is -2.19. The lowest BCUT2D eigenvalue weighted by molar-refractivity contribution is -0.122. The second-order valence-electron chi connectivity index (χ2n) is 7.24. The fourth-order valence-electron chi connectivity index (χ4n) is 2.78. The third-order valence-corrected chi connectivity index (χ3v) is 5.85. The van der Waals surface area contributed by atoms with Crippen LogP contribution in [0, 0.1) is 5.92 Å². The molecule has 0 aliphatic carbocycles. The number of sulfonamides is 1. The smallest absolute Gasteiger partial charge is 0.241 e. The molecule has 7 heteroatoms. The third kappa shape index (κ3) is 7.51. The Bertz CT molecular complexity index is 865. The molecule has 0 aromatic heterocycles. The largest absolute Gasteiger partial charge is 0.494 e. The van der Waals surface area contributed by atoms with Crippen molar-refractivity contribution >= 4 is 15.9 Å². The van der Waals surface area contributed by atoms with Gasteiger partial charge in [0.15, 0.2) is 0 Å². The summed E-state index contributed by atoms with van der Waals surface area (Å²) in [5.41, 5.74) is 0.880. The Morgan fingerprint density at radius 2 is 1.69 bits per heavy atom. The topological polar surface area (TPSA) is 84.5 Å². The molecule has 2 rings (SSSR count). The first kappa shape index (κ1) is 22.9. The lowest BCUT2D eigenvalue weighted by atomic mass is 10.1. The summed E-state index contributed by atoms with van der Waals surface area (Å²) in [6.45, 7) is 7.01. The highest BCUT2D eigenvalue weighted by molar-refractivity contribution is 7.89. The molecule has 6 nitrogen and oxygen atoms in total. The van der Waals surface area contributed by atoms with E-state index in [2.05, 4.69) is 23.9 Å². The van der Waals surface area contributed by atoms with Gasteiger partial charge in [-0.2, -0.15) is 4.72 Å². The Hall–Kier alpha value is -2.38. The van der Waals surface area contributed by atoms with Gasteiger partial charge in [0, 0.05) is 6.54 Å². The van der Waals surface area contributed by atoms with Crippen LogP contribution >= 0.6 is 0 Å². The quantitative estimate of drug-likeness (QED) is 0.587. The minimum absolute atomic E-state index is 0.0917. The Labute approximate surface area is 173 Å². The molecule has 29 heavy (non-hydrogen) atoms. The number of hydrogen-bond donors (Lipinski definition) is 2. The van der Waals surface area contributed by atoms with Crippen LogP contribution in [0.25, 0.3) is 0 Å². The van der Waals surface area contributed by atoms with E-state index in [0.29, 0.717) is 24.8 Å². The second kappa shape index (κ2) is 11.0. The van der Waals surface area contributed by atoms with Crippen LogP contribution in [0.15, 0.2) is 59.5 Å². The number of rotatable bonds is 11. The van der Waals surface area contributed by atoms with E-state index in [0.717, 1.165) is 12.0 Å². The van der Waals surface area contributed by atoms with Crippen LogP contribution in [0.3, 0.4) is 0 Å². The first-order valence-electron chi connectivity index (χ1n) is 9.88. The minimum atomic E-state index is -3.86. The first-order valence-corrected chi connectivity index (χ1v) is 11.4. The summed E-state index contributed by atoms with van der Waals surface area (Å²) in [6, 6.07) is 14.6. The van der Waals surface area contributed by atoms with Crippen molar-refractivity contribution in [3.05, 3.63) is 60.2 Å². The SMILES string of the molecule is CCOc1ccc(S(=O)(=O)N[C@H](Cc2ccccc2)C(=O)NCCC(C)C)cc1. The molecule has 0 aliphatic rings. The van der Waals surface area contributed by atoms with E-state index in [1.165, 1.54) is 12.1 Å². The molecule has 0 spiro atoms. The highest BCUT2D eigenvalue weighted by atomic mass is 32.2. The molecule has 2 aromatic carbocycles. The predicted octanol–water partition coefficient (Wildman–Crippen LogP) is 3.14. The second-order valence-corrected chi connectivity index (χ2v) is 8.96. The van der Waals surface area contributed by atoms with Crippen molar-refractivity contribution in [2.45, 2.75) is 44.6 Å². The molecule has 1 amide bonds. The summed E-state index contributed by atoms with van der Waals surface area (Å²) < 4.78 is 33.6. The predicted molar refractivity (Wildman–Crippen MR) is 114 cm³/mol. The minimum Gasteiger partial charge on any atom is -0.494 e. The summed E-state index contributed by atoms with van der Waals surface area (Å²) >= 11 is 0. The maximum absolute atomic E-state index is 12.9. The van der Waals surface area contributed by atoms with Crippen molar-refractivity contribution in [3.8, 4) is 5.75 Å². The summed E-state index contributed by atoms with van der Waals surface area (Å²) in [5, 5.41) is 2.85. The number of carbonyl (C=O) groups excluding carboxylic acids is 1. The highest BCUT2D eigenvalue weighted by Crippen LogP contribution is 2.17. The zero-order chi connectivity index (χ0) is 21.3. The van der Waals surface area contributed by atoms with E-state index in [-0.39, 0.29) is 17.2 Å². The van der Waals surface area contributed by atoms with Gasteiger partial charge < -0.3 is 10.1 Å². The van der Waals surface area contributed by atoms with Gasteiger partial charge in [0.1, 0.15) is 11.8 Å². The molecule has 0 unspecified atom stereocenters. The zero-order valence-corrected chi connectivity index (χ0v) is 18.0. The molecule has 0 heterocycles. The Morgan fingerprint density at radius 3 is 2.28 bits per heavy atom. The fourth-order valence-corrected chi connectivity index (χ4v) is 3.98. The van der Waals surface area contributed by atoms with Gasteiger partial charge in [0.2, 0.25) is 15.9 Å². The van der Waals surface area contributed by atoms with Crippen molar-refractivity contribution in [2.75, 3.05) is 13.2 Å². The molecular weight excluding hydrogens is 388 g/mol. The molecule has 2 aromatic rings. The Balaban J connectivity index is 2.16. The van der Waals surface area contributed by atoms with Gasteiger partial charge in [-0.25, -0.2) is 8.42 Å². The third-order valence-electron chi connectivity index (χ3n) is 4.36. The van der Waals surface area contributed by atoms with Gasteiger partial charge in [-0.1, -0.05) is 44.2 Å². The maximum Gasteiger partial charge on any atom is 0.241 e. The summed E-state index contributed by atoms with van der Waals surface area (Å²) in [5.74, 6) is 0.714. The monoisotopic (exact) mass is 418 g/mol. The van der Waals surface area contributed by atoms with Gasteiger partial charge in [-0.05, 0) is 55.5 Å². The van der Waals surface area contributed by atoms with Crippen LogP contribution in [-0.2, 0) is 21.2 Å². The molecule has 1 atom stereocenters. The fraction of sp³-hybridized carbons (Fsp3) is 0.409. The normalized spacial score (nSPS) is 12.6. The molecule has 0 saturated heterocycles. The molecule has 0 aliphatic heterocycles. The number of amides is 1. The van der Waals surface area contributed by atoms with Crippen molar-refractivity contribution in [2.24, 2.45) is 5.92 Å². The number of benzene rings is 2.